The lowest BCUT2D eigenvalue weighted by atomic mass is 10.0. The van der Waals surface area contributed by atoms with Gasteiger partial charge in [0.15, 0.2) is 0 Å². The molecule has 4 heteroatoms. The van der Waals surface area contributed by atoms with Crippen molar-refractivity contribution < 1.29 is 18.7 Å². The molecule has 3 rings (SSSR count). The van der Waals surface area contributed by atoms with Crippen molar-refractivity contribution in [3.63, 3.8) is 0 Å². The highest BCUT2D eigenvalue weighted by molar-refractivity contribution is 6.03. The lowest BCUT2D eigenvalue weighted by Crippen LogP contribution is -1.97. The molecule has 0 atom stereocenters. The minimum absolute atomic E-state index is 0.200. The van der Waals surface area contributed by atoms with E-state index in [0.29, 0.717) is 23.2 Å². The number of aromatic carboxylic acids is 1. The van der Waals surface area contributed by atoms with Gasteiger partial charge in [-0.3, -0.25) is 0 Å². The van der Waals surface area contributed by atoms with E-state index in [1.165, 1.54) is 12.1 Å². The topological polar surface area (TPSA) is 50.4 Å². The third-order valence-corrected chi connectivity index (χ3v) is 3.46. The first-order chi connectivity index (χ1) is 10.0. The van der Waals surface area contributed by atoms with Crippen LogP contribution in [0, 0.1) is 12.7 Å². The van der Waals surface area contributed by atoms with E-state index in [-0.39, 0.29) is 11.4 Å². The minimum Gasteiger partial charge on any atom is -0.478 e. The van der Waals surface area contributed by atoms with Crippen molar-refractivity contribution in [2.24, 2.45) is 0 Å². The molecule has 0 bridgehead atoms. The molecule has 1 aromatic heterocycles. The second-order valence-electron chi connectivity index (χ2n) is 4.97. The zero-order valence-electron chi connectivity index (χ0n) is 11.4. The zero-order valence-corrected chi connectivity index (χ0v) is 11.4. The highest BCUT2D eigenvalue weighted by atomic mass is 19.1. The van der Waals surface area contributed by atoms with E-state index in [9.17, 15) is 14.3 Å². The summed E-state index contributed by atoms with van der Waals surface area (Å²) in [7, 11) is 0. The predicted molar refractivity (Wildman–Crippen MR) is 77.1 cm³/mol. The summed E-state index contributed by atoms with van der Waals surface area (Å²) in [5.74, 6) is -0.866. The van der Waals surface area contributed by atoms with Crippen LogP contribution in [0.25, 0.3) is 11.0 Å². The molecule has 0 amide bonds. The summed E-state index contributed by atoms with van der Waals surface area (Å²) in [4.78, 5) is 11.3. The molecular weight excluding hydrogens is 271 g/mol. The number of halogens is 1. The predicted octanol–water partition coefficient (Wildman–Crippen LogP) is 4.17. The number of carbonyl (C=O) groups is 1. The van der Waals surface area contributed by atoms with Crippen LogP contribution in [-0.4, -0.2) is 11.1 Å². The second kappa shape index (κ2) is 5.05. The Labute approximate surface area is 120 Å². The van der Waals surface area contributed by atoms with Gasteiger partial charge < -0.3 is 9.52 Å². The first-order valence-corrected chi connectivity index (χ1v) is 6.54. The fourth-order valence-electron chi connectivity index (χ4n) is 2.48. The standard InChI is InChI=1S/C17H13FO3/c1-10-16(17(19)20)14-9-12(4-7-15(14)21-10)8-11-2-5-13(18)6-3-11/h2-7,9H,8H2,1H3,(H,19,20). The maximum Gasteiger partial charge on any atom is 0.339 e. The summed E-state index contributed by atoms with van der Waals surface area (Å²) in [6.07, 6.45) is 0.611. The Morgan fingerprint density at radius 1 is 1.14 bits per heavy atom. The van der Waals surface area contributed by atoms with Crippen molar-refractivity contribution >= 4 is 16.9 Å². The van der Waals surface area contributed by atoms with E-state index < -0.39 is 5.97 Å². The quantitative estimate of drug-likeness (QED) is 0.785. The maximum atomic E-state index is 12.9. The molecule has 1 N–H and O–H groups in total. The molecular formula is C17H13FO3. The highest BCUT2D eigenvalue weighted by Crippen LogP contribution is 2.27. The molecule has 2 aromatic carbocycles. The summed E-state index contributed by atoms with van der Waals surface area (Å²) < 4.78 is 18.4. The van der Waals surface area contributed by atoms with Gasteiger partial charge in [0.1, 0.15) is 22.7 Å². The minimum atomic E-state index is -0.995. The molecule has 21 heavy (non-hydrogen) atoms. The number of benzene rings is 2. The van der Waals surface area contributed by atoms with Gasteiger partial charge in [-0.15, -0.1) is 0 Å². The van der Waals surface area contributed by atoms with E-state index in [1.807, 2.05) is 12.1 Å². The Morgan fingerprint density at radius 3 is 2.48 bits per heavy atom. The van der Waals surface area contributed by atoms with Gasteiger partial charge in [-0.2, -0.15) is 0 Å². The molecule has 106 valence electrons. The molecule has 0 aliphatic rings. The van der Waals surface area contributed by atoms with Gasteiger partial charge in [-0.1, -0.05) is 18.2 Å². The van der Waals surface area contributed by atoms with Gasteiger partial charge in [-0.25, -0.2) is 9.18 Å². The maximum absolute atomic E-state index is 12.9. The van der Waals surface area contributed by atoms with E-state index >= 15 is 0 Å². The van der Waals surface area contributed by atoms with Crippen LogP contribution in [0.5, 0.6) is 0 Å². The molecule has 0 saturated heterocycles. The van der Waals surface area contributed by atoms with Crippen LogP contribution in [0.4, 0.5) is 4.39 Å². The van der Waals surface area contributed by atoms with E-state index in [2.05, 4.69) is 0 Å². The smallest absolute Gasteiger partial charge is 0.339 e. The van der Waals surface area contributed by atoms with Crippen LogP contribution in [0.1, 0.15) is 27.2 Å². The van der Waals surface area contributed by atoms with Crippen molar-refractivity contribution in [3.8, 4) is 0 Å². The highest BCUT2D eigenvalue weighted by Gasteiger charge is 2.17. The second-order valence-corrected chi connectivity index (χ2v) is 4.97. The Morgan fingerprint density at radius 2 is 1.81 bits per heavy atom. The largest absolute Gasteiger partial charge is 0.478 e. The molecule has 0 aliphatic heterocycles. The van der Waals surface area contributed by atoms with Crippen LogP contribution >= 0.6 is 0 Å². The molecule has 3 aromatic rings. The van der Waals surface area contributed by atoms with Gasteiger partial charge in [0.05, 0.1) is 0 Å². The number of hydrogen-bond acceptors (Lipinski definition) is 2. The van der Waals surface area contributed by atoms with Crippen LogP contribution in [0.2, 0.25) is 0 Å². The summed E-state index contributed by atoms with van der Waals surface area (Å²) in [6, 6.07) is 11.8. The number of fused-ring (bicyclic) bond motifs is 1. The molecule has 0 unspecified atom stereocenters. The summed E-state index contributed by atoms with van der Waals surface area (Å²) >= 11 is 0. The van der Waals surface area contributed by atoms with Crippen molar-refractivity contribution in [2.45, 2.75) is 13.3 Å². The van der Waals surface area contributed by atoms with Crippen LogP contribution in [0.15, 0.2) is 46.9 Å². The fourth-order valence-corrected chi connectivity index (χ4v) is 2.48. The number of aryl methyl sites for hydroxylation is 1. The molecule has 0 spiro atoms. The SMILES string of the molecule is Cc1oc2ccc(Cc3ccc(F)cc3)cc2c1C(=O)O. The monoisotopic (exact) mass is 284 g/mol. The third kappa shape index (κ3) is 2.52. The first kappa shape index (κ1) is 13.4. The summed E-state index contributed by atoms with van der Waals surface area (Å²) in [6.45, 7) is 1.64. The van der Waals surface area contributed by atoms with Crippen molar-refractivity contribution in [3.05, 3.63) is 70.7 Å². The summed E-state index contributed by atoms with van der Waals surface area (Å²) in [5, 5.41) is 9.86. The summed E-state index contributed by atoms with van der Waals surface area (Å²) in [5.41, 5.74) is 2.68. The number of carboxylic acid groups (broad SMARTS) is 1. The normalized spacial score (nSPS) is 11.0. The van der Waals surface area contributed by atoms with Gasteiger partial charge in [0, 0.05) is 5.39 Å². The Balaban J connectivity index is 2.02. The molecule has 3 nitrogen and oxygen atoms in total. The number of rotatable bonds is 3. The Kier molecular flexibility index (Phi) is 3.22. The zero-order chi connectivity index (χ0) is 15.0. The Hall–Kier alpha value is -2.62. The lowest BCUT2D eigenvalue weighted by Gasteiger charge is -2.02. The number of hydrogen-bond donors (Lipinski definition) is 1. The fraction of sp³-hybridized carbons (Fsp3) is 0.118. The molecule has 0 saturated carbocycles. The third-order valence-electron chi connectivity index (χ3n) is 3.46. The Bertz CT molecular complexity index is 816. The molecule has 1 heterocycles. The van der Waals surface area contributed by atoms with E-state index in [4.69, 9.17) is 4.42 Å². The average molecular weight is 284 g/mol. The molecule has 0 radical (unpaired) electrons. The van der Waals surface area contributed by atoms with Crippen LogP contribution in [0.3, 0.4) is 0 Å². The first-order valence-electron chi connectivity index (χ1n) is 6.54. The van der Waals surface area contributed by atoms with Gasteiger partial charge >= 0.3 is 5.97 Å². The van der Waals surface area contributed by atoms with Crippen molar-refractivity contribution in [1.29, 1.82) is 0 Å². The van der Waals surface area contributed by atoms with E-state index in [1.54, 1.807) is 25.1 Å². The van der Waals surface area contributed by atoms with Gasteiger partial charge in [0.2, 0.25) is 0 Å². The van der Waals surface area contributed by atoms with Crippen LogP contribution < -0.4 is 0 Å². The average Bonchev–Trinajstić information content (AvgIpc) is 2.76. The number of furan rings is 1. The lowest BCUT2D eigenvalue weighted by molar-refractivity contribution is 0.0697. The van der Waals surface area contributed by atoms with Gasteiger partial charge in [-0.05, 0) is 48.7 Å². The van der Waals surface area contributed by atoms with Crippen molar-refractivity contribution in [2.75, 3.05) is 0 Å². The number of carboxylic acids is 1. The molecule has 0 fully saturated rings. The van der Waals surface area contributed by atoms with Crippen molar-refractivity contribution in [1.82, 2.24) is 0 Å². The molecule has 0 aliphatic carbocycles. The van der Waals surface area contributed by atoms with Crippen LogP contribution in [-0.2, 0) is 6.42 Å². The van der Waals surface area contributed by atoms with E-state index in [0.717, 1.165) is 11.1 Å². The van der Waals surface area contributed by atoms with Gasteiger partial charge in [0.25, 0.3) is 0 Å².